The molecule has 1 aromatic carbocycles. The van der Waals surface area contributed by atoms with Crippen LogP contribution in [0.3, 0.4) is 0 Å². The van der Waals surface area contributed by atoms with Crippen LogP contribution in [0.25, 0.3) is 0 Å². The number of aromatic nitrogens is 2. The monoisotopic (exact) mass is 338 g/mol. The molecule has 0 radical (unpaired) electrons. The number of hydrogen-bond acceptors (Lipinski definition) is 5. The van der Waals surface area contributed by atoms with E-state index < -0.39 is 17.6 Å². The smallest absolute Gasteiger partial charge is 0.419 e. The Bertz CT molecular complexity index is 762. The summed E-state index contributed by atoms with van der Waals surface area (Å²) in [7, 11) is 0. The molecule has 0 bridgehead atoms. The molecule has 1 aliphatic rings. The van der Waals surface area contributed by atoms with Gasteiger partial charge >= 0.3 is 6.18 Å². The van der Waals surface area contributed by atoms with Gasteiger partial charge in [0.1, 0.15) is 12.4 Å². The zero-order valence-corrected chi connectivity index (χ0v) is 12.3. The van der Waals surface area contributed by atoms with Crippen molar-refractivity contribution in [1.29, 1.82) is 0 Å². The summed E-state index contributed by atoms with van der Waals surface area (Å²) in [6, 6.07) is 4.99. The average Bonchev–Trinajstić information content (AvgIpc) is 2.54. The minimum Gasteiger partial charge on any atom is -0.492 e. The minimum absolute atomic E-state index is 0.0708. The van der Waals surface area contributed by atoms with Crippen LogP contribution in [-0.4, -0.2) is 28.5 Å². The molecule has 1 aromatic heterocycles. The number of rotatable bonds is 2. The summed E-state index contributed by atoms with van der Waals surface area (Å²) in [5, 5.41) is 2.52. The zero-order valence-electron chi connectivity index (χ0n) is 12.3. The van der Waals surface area contributed by atoms with Gasteiger partial charge in [0.15, 0.2) is 0 Å². The molecular formula is C15H13F3N4O2. The van der Waals surface area contributed by atoms with E-state index in [2.05, 4.69) is 15.3 Å². The third kappa shape index (κ3) is 3.46. The Morgan fingerprint density at radius 1 is 1.29 bits per heavy atom. The number of carbonyl (C=O) groups is 1. The van der Waals surface area contributed by atoms with Crippen molar-refractivity contribution in [1.82, 2.24) is 9.97 Å². The molecule has 1 atom stereocenters. The largest absolute Gasteiger partial charge is 0.492 e. The fourth-order valence-electron chi connectivity index (χ4n) is 2.25. The van der Waals surface area contributed by atoms with Crippen molar-refractivity contribution >= 4 is 11.6 Å². The van der Waals surface area contributed by atoms with E-state index in [4.69, 9.17) is 10.5 Å². The van der Waals surface area contributed by atoms with Crippen molar-refractivity contribution in [3.8, 4) is 5.75 Å². The minimum atomic E-state index is -4.55. The molecule has 0 spiro atoms. The van der Waals surface area contributed by atoms with Crippen LogP contribution in [0.15, 0.2) is 30.6 Å². The highest BCUT2D eigenvalue weighted by molar-refractivity contribution is 6.01. The molecule has 0 fully saturated rings. The number of anilines is 1. The van der Waals surface area contributed by atoms with Gasteiger partial charge in [-0.05, 0) is 18.1 Å². The van der Waals surface area contributed by atoms with Gasteiger partial charge in [0.25, 0.3) is 5.91 Å². The summed E-state index contributed by atoms with van der Waals surface area (Å²) < 4.78 is 42.8. The topological polar surface area (TPSA) is 90.1 Å². The first-order chi connectivity index (χ1) is 11.3. The van der Waals surface area contributed by atoms with Gasteiger partial charge in [-0.25, -0.2) is 9.97 Å². The molecule has 1 unspecified atom stereocenters. The standard InChI is InChI=1S/C15H13F3N4O2/c16-15(17,18)9-5-20-13(21-6-9)14(23)22-11-2-1-8-3-10(19)7-24-12(8)4-11/h1-2,4-6,10H,3,7,19H2,(H,22,23). The summed E-state index contributed by atoms with van der Waals surface area (Å²) in [5.41, 5.74) is 6.14. The van der Waals surface area contributed by atoms with Crippen LogP contribution in [0, 0.1) is 0 Å². The van der Waals surface area contributed by atoms with Crippen molar-refractivity contribution in [2.45, 2.75) is 18.6 Å². The first-order valence-corrected chi connectivity index (χ1v) is 7.05. The van der Waals surface area contributed by atoms with Gasteiger partial charge in [-0.3, -0.25) is 4.79 Å². The average molecular weight is 338 g/mol. The van der Waals surface area contributed by atoms with Crippen molar-refractivity contribution in [3.63, 3.8) is 0 Å². The van der Waals surface area contributed by atoms with E-state index in [0.717, 1.165) is 5.56 Å². The van der Waals surface area contributed by atoms with E-state index in [9.17, 15) is 18.0 Å². The number of hydrogen-bond donors (Lipinski definition) is 2. The number of amides is 1. The van der Waals surface area contributed by atoms with E-state index in [1.807, 2.05) is 0 Å². The Balaban J connectivity index is 1.73. The Morgan fingerprint density at radius 2 is 2.00 bits per heavy atom. The molecule has 3 rings (SSSR count). The van der Waals surface area contributed by atoms with Gasteiger partial charge in [0, 0.05) is 30.2 Å². The van der Waals surface area contributed by atoms with Crippen LogP contribution >= 0.6 is 0 Å². The van der Waals surface area contributed by atoms with Crippen LogP contribution < -0.4 is 15.8 Å². The van der Waals surface area contributed by atoms with E-state index in [1.165, 1.54) is 0 Å². The van der Waals surface area contributed by atoms with Crippen LogP contribution in [0.5, 0.6) is 5.75 Å². The van der Waals surface area contributed by atoms with Gasteiger partial charge in [-0.2, -0.15) is 13.2 Å². The number of halogens is 3. The van der Waals surface area contributed by atoms with Gasteiger partial charge in [0.2, 0.25) is 5.82 Å². The lowest BCUT2D eigenvalue weighted by atomic mass is 10.0. The highest BCUT2D eigenvalue weighted by Gasteiger charge is 2.31. The number of ether oxygens (including phenoxy) is 1. The fourth-order valence-corrected chi connectivity index (χ4v) is 2.25. The lowest BCUT2D eigenvalue weighted by Gasteiger charge is -2.22. The first kappa shape index (κ1) is 16.2. The number of benzene rings is 1. The lowest BCUT2D eigenvalue weighted by molar-refractivity contribution is -0.138. The first-order valence-electron chi connectivity index (χ1n) is 7.05. The number of carbonyl (C=O) groups excluding carboxylic acids is 1. The Kier molecular flexibility index (Phi) is 4.10. The number of nitrogens with one attached hydrogen (secondary N) is 1. The Hall–Kier alpha value is -2.68. The molecular weight excluding hydrogens is 325 g/mol. The Morgan fingerprint density at radius 3 is 2.67 bits per heavy atom. The molecule has 6 nitrogen and oxygen atoms in total. The van der Waals surface area contributed by atoms with Crippen LogP contribution in [-0.2, 0) is 12.6 Å². The van der Waals surface area contributed by atoms with Gasteiger partial charge in [0.05, 0.1) is 5.56 Å². The van der Waals surface area contributed by atoms with Crippen LogP contribution in [0.2, 0.25) is 0 Å². The van der Waals surface area contributed by atoms with E-state index in [1.54, 1.807) is 18.2 Å². The second kappa shape index (κ2) is 6.08. The Labute approximate surface area is 134 Å². The maximum Gasteiger partial charge on any atom is 0.419 e. The molecule has 24 heavy (non-hydrogen) atoms. The third-order valence-corrected chi connectivity index (χ3v) is 3.44. The zero-order chi connectivity index (χ0) is 17.3. The number of fused-ring (bicyclic) bond motifs is 1. The van der Waals surface area contributed by atoms with Crippen molar-refractivity contribution < 1.29 is 22.7 Å². The van der Waals surface area contributed by atoms with Gasteiger partial charge in [-0.15, -0.1) is 0 Å². The molecule has 2 aromatic rings. The van der Waals surface area contributed by atoms with E-state index in [0.29, 0.717) is 36.9 Å². The summed E-state index contributed by atoms with van der Waals surface area (Å²) in [4.78, 5) is 18.9. The molecule has 1 amide bonds. The summed E-state index contributed by atoms with van der Waals surface area (Å²) in [6.07, 6.45) is -2.74. The second-order valence-electron chi connectivity index (χ2n) is 5.34. The van der Waals surface area contributed by atoms with Crippen molar-refractivity contribution in [2.75, 3.05) is 11.9 Å². The molecule has 0 aliphatic carbocycles. The fraction of sp³-hybridized carbons (Fsp3) is 0.267. The molecule has 2 heterocycles. The van der Waals surface area contributed by atoms with Gasteiger partial charge in [-0.1, -0.05) is 6.07 Å². The SMILES string of the molecule is NC1COc2cc(NC(=O)c3ncc(C(F)(F)F)cn3)ccc2C1. The highest BCUT2D eigenvalue weighted by atomic mass is 19.4. The number of alkyl halides is 3. The molecule has 0 saturated heterocycles. The van der Waals surface area contributed by atoms with Crippen LogP contribution in [0.1, 0.15) is 21.7 Å². The summed E-state index contributed by atoms with van der Waals surface area (Å²) in [6.45, 7) is 0.381. The normalized spacial score (nSPS) is 16.9. The number of nitrogens with zero attached hydrogens (tertiary/aromatic N) is 2. The highest BCUT2D eigenvalue weighted by Crippen LogP contribution is 2.29. The van der Waals surface area contributed by atoms with Crippen molar-refractivity contribution in [2.24, 2.45) is 5.73 Å². The van der Waals surface area contributed by atoms with E-state index >= 15 is 0 Å². The molecule has 0 saturated carbocycles. The van der Waals surface area contributed by atoms with Crippen LogP contribution in [0.4, 0.5) is 18.9 Å². The molecule has 1 aliphatic heterocycles. The predicted molar refractivity (Wildman–Crippen MR) is 78.6 cm³/mol. The summed E-state index contributed by atoms with van der Waals surface area (Å²) >= 11 is 0. The maximum atomic E-state index is 12.5. The number of nitrogens with two attached hydrogens (primary N) is 1. The molecule has 3 N–H and O–H groups in total. The predicted octanol–water partition coefficient (Wildman–Crippen LogP) is 2.01. The van der Waals surface area contributed by atoms with Gasteiger partial charge < -0.3 is 15.8 Å². The van der Waals surface area contributed by atoms with E-state index in [-0.39, 0.29) is 11.9 Å². The maximum absolute atomic E-state index is 12.5. The lowest BCUT2D eigenvalue weighted by Crippen LogP contribution is -2.33. The second-order valence-corrected chi connectivity index (χ2v) is 5.34. The van der Waals surface area contributed by atoms with Crippen molar-refractivity contribution in [3.05, 3.63) is 47.5 Å². The molecule has 126 valence electrons. The quantitative estimate of drug-likeness (QED) is 0.874. The molecule has 9 heteroatoms. The summed E-state index contributed by atoms with van der Waals surface area (Å²) in [5.74, 6) is -0.456. The third-order valence-electron chi connectivity index (χ3n) is 3.44.